The van der Waals surface area contributed by atoms with Gasteiger partial charge >= 0.3 is 0 Å². The highest BCUT2D eigenvalue weighted by Crippen LogP contribution is 2.26. The van der Waals surface area contributed by atoms with Crippen molar-refractivity contribution in [2.24, 2.45) is 11.7 Å². The van der Waals surface area contributed by atoms with Gasteiger partial charge in [-0.05, 0) is 25.4 Å². The molecule has 0 radical (unpaired) electrons. The van der Waals surface area contributed by atoms with E-state index in [1.54, 1.807) is 0 Å². The fourth-order valence-corrected chi connectivity index (χ4v) is 1.94. The van der Waals surface area contributed by atoms with Crippen LogP contribution in [0.3, 0.4) is 0 Å². The van der Waals surface area contributed by atoms with Crippen molar-refractivity contribution in [3.63, 3.8) is 0 Å². The van der Waals surface area contributed by atoms with Crippen LogP contribution in [0.15, 0.2) is 0 Å². The number of hydrogen-bond donors (Lipinski definition) is 1. The molecule has 1 saturated heterocycles. The van der Waals surface area contributed by atoms with E-state index in [-0.39, 0.29) is 13.0 Å². The normalized spacial score (nSPS) is 24.9. The lowest BCUT2D eigenvalue weighted by molar-refractivity contribution is -0.0668. The molecule has 0 saturated carbocycles. The van der Waals surface area contributed by atoms with E-state index in [9.17, 15) is 8.78 Å². The Morgan fingerprint density at radius 2 is 2.21 bits per heavy atom. The third-order valence-corrected chi connectivity index (χ3v) is 2.90. The van der Waals surface area contributed by atoms with E-state index >= 15 is 0 Å². The maximum atomic E-state index is 13.0. The molecule has 0 spiro atoms. The van der Waals surface area contributed by atoms with Crippen molar-refractivity contribution < 1.29 is 8.78 Å². The van der Waals surface area contributed by atoms with Gasteiger partial charge in [-0.15, -0.1) is 0 Å². The van der Waals surface area contributed by atoms with Crippen molar-refractivity contribution in [3.8, 4) is 0 Å². The lowest BCUT2D eigenvalue weighted by Gasteiger charge is -2.34. The van der Waals surface area contributed by atoms with Crippen molar-refractivity contribution in [2.75, 3.05) is 26.2 Å². The maximum absolute atomic E-state index is 13.0. The molecule has 1 fully saturated rings. The van der Waals surface area contributed by atoms with Gasteiger partial charge in [0.2, 0.25) is 0 Å². The van der Waals surface area contributed by atoms with Crippen molar-refractivity contribution >= 4 is 0 Å². The largest absolute Gasteiger partial charge is 0.330 e. The van der Waals surface area contributed by atoms with Crippen LogP contribution in [0.2, 0.25) is 0 Å². The fourth-order valence-electron chi connectivity index (χ4n) is 1.94. The summed E-state index contributed by atoms with van der Waals surface area (Å²) in [7, 11) is 0. The number of alkyl halides is 2. The van der Waals surface area contributed by atoms with Crippen molar-refractivity contribution in [2.45, 2.75) is 32.1 Å². The molecule has 1 aliphatic heterocycles. The quantitative estimate of drug-likeness (QED) is 0.758. The summed E-state index contributed by atoms with van der Waals surface area (Å²) in [5, 5.41) is 0. The first-order chi connectivity index (χ1) is 6.57. The van der Waals surface area contributed by atoms with Crippen molar-refractivity contribution in [3.05, 3.63) is 0 Å². The summed E-state index contributed by atoms with van der Waals surface area (Å²) < 4.78 is 26.1. The van der Waals surface area contributed by atoms with E-state index in [0.717, 1.165) is 19.5 Å². The van der Waals surface area contributed by atoms with Crippen LogP contribution in [0.4, 0.5) is 8.78 Å². The number of piperidine rings is 1. The van der Waals surface area contributed by atoms with Gasteiger partial charge in [-0.1, -0.05) is 13.3 Å². The molecule has 1 atom stereocenters. The third kappa shape index (κ3) is 3.50. The predicted octanol–water partition coefficient (Wildman–Crippen LogP) is 1.70. The minimum Gasteiger partial charge on any atom is -0.330 e. The monoisotopic (exact) mass is 206 g/mol. The summed E-state index contributed by atoms with van der Waals surface area (Å²) in [6, 6.07) is 0. The molecule has 4 heteroatoms. The molecule has 1 unspecified atom stereocenters. The summed E-state index contributed by atoms with van der Waals surface area (Å²) in [6.45, 7) is 4.09. The number of nitrogens with two attached hydrogens (primary N) is 1. The van der Waals surface area contributed by atoms with Gasteiger partial charge < -0.3 is 5.73 Å². The average Bonchev–Trinajstić information content (AvgIpc) is 2.12. The highest BCUT2D eigenvalue weighted by atomic mass is 19.3. The van der Waals surface area contributed by atoms with Crippen molar-refractivity contribution in [1.82, 2.24) is 4.90 Å². The van der Waals surface area contributed by atoms with Crippen LogP contribution in [-0.4, -0.2) is 37.0 Å². The summed E-state index contributed by atoms with van der Waals surface area (Å²) >= 11 is 0. The molecule has 1 rings (SSSR count). The zero-order chi connectivity index (χ0) is 10.6. The zero-order valence-electron chi connectivity index (χ0n) is 8.81. The smallest absolute Gasteiger partial charge is 0.260 e. The SMILES string of the molecule is CCC(CN)CN1CCCC(F)(F)C1. The standard InChI is InChI=1S/C10H20F2N2/c1-2-9(6-13)7-14-5-3-4-10(11,12)8-14/h9H,2-8,13H2,1H3. The van der Waals surface area contributed by atoms with E-state index in [1.807, 2.05) is 4.90 Å². The van der Waals surface area contributed by atoms with Crippen LogP contribution in [0.1, 0.15) is 26.2 Å². The molecule has 0 bridgehead atoms. The van der Waals surface area contributed by atoms with Crippen LogP contribution in [0, 0.1) is 5.92 Å². The third-order valence-electron chi connectivity index (χ3n) is 2.90. The average molecular weight is 206 g/mol. The maximum Gasteiger partial charge on any atom is 0.260 e. The molecular formula is C10H20F2N2. The lowest BCUT2D eigenvalue weighted by atomic mass is 10.0. The van der Waals surface area contributed by atoms with Gasteiger partial charge in [-0.2, -0.15) is 0 Å². The second kappa shape index (κ2) is 5.03. The number of halogens is 2. The molecule has 14 heavy (non-hydrogen) atoms. The van der Waals surface area contributed by atoms with E-state index in [2.05, 4.69) is 6.92 Å². The van der Waals surface area contributed by atoms with E-state index < -0.39 is 5.92 Å². The molecule has 0 aromatic rings. The Morgan fingerprint density at radius 3 is 2.71 bits per heavy atom. The Hall–Kier alpha value is -0.220. The molecule has 2 N–H and O–H groups in total. The molecule has 0 aliphatic carbocycles. The zero-order valence-corrected chi connectivity index (χ0v) is 8.81. The number of likely N-dealkylation sites (tertiary alicyclic amines) is 1. The Kier molecular flexibility index (Phi) is 4.26. The lowest BCUT2D eigenvalue weighted by Crippen LogP contribution is -2.45. The molecular weight excluding hydrogens is 186 g/mol. The predicted molar refractivity (Wildman–Crippen MR) is 53.5 cm³/mol. The van der Waals surface area contributed by atoms with Crippen molar-refractivity contribution in [1.29, 1.82) is 0 Å². The second-order valence-corrected chi connectivity index (χ2v) is 4.20. The Labute approximate surface area is 84.4 Å². The Bertz CT molecular complexity index is 170. The van der Waals surface area contributed by atoms with Crippen LogP contribution in [0.25, 0.3) is 0 Å². The van der Waals surface area contributed by atoms with Gasteiger partial charge in [0.15, 0.2) is 0 Å². The van der Waals surface area contributed by atoms with E-state index in [0.29, 0.717) is 18.9 Å². The summed E-state index contributed by atoms with van der Waals surface area (Å²) in [4.78, 5) is 1.85. The molecule has 2 nitrogen and oxygen atoms in total. The molecule has 0 aromatic carbocycles. The topological polar surface area (TPSA) is 29.3 Å². The fraction of sp³-hybridized carbons (Fsp3) is 1.00. The van der Waals surface area contributed by atoms with E-state index in [1.165, 1.54) is 0 Å². The highest BCUT2D eigenvalue weighted by molar-refractivity contribution is 4.80. The molecule has 84 valence electrons. The summed E-state index contributed by atoms with van der Waals surface area (Å²) in [5.41, 5.74) is 5.55. The minimum absolute atomic E-state index is 0.0446. The van der Waals surface area contributed by atoms with Crippen LogP contribution in [0.5, 0.6) is 0 Å². The summed E-state index contributed by atoms with van der Waals surface area (Å²) in [6.07, 6.45) is 1.62. The van der Waals surface area contributed by atoms with Crippen LogP contribution >= 0.6 is 0 Å². The number of rotatable bonds is 4. The number of nitrogens with zero attached hydrogens (tertiary/aromatic N) is 1. The first kappa shape index (κ1) is 11.9. The van der Waals surface area contributed by atoms with Gasteiger partial charge in [0, 0.05) is 13.0 Å². The summed E-state index contributed by atoms with van der Waals surface area (Å²) in [5.74, 6) is -2.12. The van der Waals surface area contributed by atoms with Crippen LogP contribution < -0.4 is 5.73 Å². The molecule has 0 aromatic heterocycles. The highest BCUT2D eigenvalue weighted by Gasteiger charge is 2.35. The van der Waals surface area contributed by atoms with Gasteiger partial charge in [-0.25, -0.2) is 8.78 Å². The Balaban J connectivity index is 2.37. The van der Waals surface area contributed by atoms with E-state index in [4.69, 9.17) is 5.73 Å². The molecule has 0 amide bonds. The Morgan fingerprint density at radius 1 is 1.50 bits per heavy atom. The first-order valence-corrected chi connectivity index (χ1v) is 5.37. The molecule has 1 heterocycles. The van der Waals surface area contributed by atoms with Gasteiger partial charge in [-0.3, -0.25) is 4.90 Å². The van der Waals surface area contributed by atoms with Gasteiger partial charge in [0.25, 0.3) is 5.92 Å². The van der Waals surface area contributed by atoms with Gasteiger partial charge in [0.1, 0.15) is 0 Å². The molecule has 1 aliphatic rings. The second-order valence-electron chi connectivity index (χ2n) is 4.20. The van der Waals surface area contributed by atoms with Crippen LogP contribution in [-0.2, 0) is 0 Å². The van der Waals surface area contributed by atoms with Gasteiger partial charge in [0.05, 0.1) is 6.54 Å². The number of hydrogen-bond acceptors (Lipinski definition) is 2. The minimum atomic E-state index is -2.48. The first-order valence-electron chi connectivity index (χ1n) is 5.37.